The standard InChI is InChI=1S/C13H20N4/c14-6-10-7-17(8-10)13-5-12(15-9-16-13)11-3-1-2-4-11/h5,9-11H,1-4,6-8,14H2. The SMILES string of the molecule is NCC1CN(c2cc(C3CCCC3)ncn2)C1. The van der Waals surface area contributed by atoms with E-state index in [1.165, 1.54) is 31.4 Å². The summed E-state index contributed by atoms with van der Waals surface area (Å²) in [7, 11) is 0. The summed E-state index contributed by atoms with van der Waals surface area (Å²) in [6.45, 7) is 2.90. The lowest BCUT2D eigenvalue weighted by Gasteiger charge is -2.39. The van der Waals surface area contributed by atoms with Gasteiger partial charge in [0.05, 0.1) is 0 Å². The minimum absolute atomic E-state index is 0.653. The van der Waals surface area contributed by atoms with E-state index < -0.39 is 0 Å². The summed E-state index contributed by atoms with van der Waals surface area (Å²) in [6.07, 6.45) is 7.01. The van der Waals surface area contributed by atoms with E-state index in [0.29, 0.717) is 11.8 Å². The molecule has 0 radical (unpaired) electrons. The van der Waals surface area contributed by atoms with Crippen molar-refractivity contribution < 1.29 is 0 Å². The van der Waals surface area contributed by atoms with Crippen molar-refractivity contribution in [1.29, 1.82) is 0 Å². The van der Waals surface area contributed by atoms with Crippen molar-refractivity contribution in [3.05, 3.63) is 18.1 Å². The summed E-state index contributed by atoms with van der Waals surface area (Å²) in [5.41, 5.74) is 6.88. The van der Waals surface area contributed by atoms with Crippen molar-refractivity contribution >= 4 is 5.82 Å². The van der Waals surface area contributed by atoms with Crippen LogP contribution in [0.2, 0.25) is 0 Å². The second kappa shape index (κ2) is 4.61. The summed E-state index contributed by atoms with van der Waals surface area (Å²) >= 11 is 0. The molecular formula is C13H20N4. The van der Waals surface area contributed by atoms with E-state index in [1.54, 1.807) is 6.33 Å². The Labute approximate surface area is 102 Å². The molecule has 2 aliphatic rings. The van der Waals surface area contributed by atoms with Crippen molar-refractivity contribution in [2.24, 2.45) is 11.7 Å². The van der Waals surface area contributed by atoms with Gasteiger partial charge >= 0.3 is 0 Å². The molecule has 3 rings (SSSR count). The lowest BCUT2D eigenvalue weighted by molar-refractivity contribution is 0.416. The van der Waals surface area contributed by atoms with Gasteiger partial charge in [-0.1, -0.05) is 12.8 Å². The zero-order chi connectivity index (χ0) is 11.7. The second-order valence-electron chi connectivity index (χ2n) is 5.29. The lowest BCUT2D eigenvalue weighted by atomic mass is 9.99. The summed E-state index contributed by atoms with van der Waals surface area (Å²) in [4.78, 5) is 11.1. The third kappa shape index (κ3) is 2.14. The van der Waals surface area contributed by atoms with Gasteiger partial charge in [-0.25, -0.2) is 9.97 Å². The van der Waals surface area contributed by atoms with Gasteiger partial charge in [0, 0.05) is 36.7 Å². The number of hydrogen-bond acceptors (Lipinski definition) is 4. The average Bonchev–Trinajstić information content (AvgIpc) is 2.81. The van der Waals surface area contributed by atoms with Crippen LogP contribution in [0.4, 0.5) is 5.82 Å². The molecule has 1 aromatic heterocycles. The molecule has 2 N–H and O–H groups in total. The molecule has 0 bridgehead atoms. The first-order valence-electron chi connectivity index (χ1n) is 6.64. The number of aromatic nitrogens is 2. The van der Waals surface area contributed by atoms with E-state index >= 15 is 0 Å². The fraction of sp³-hybridized carbons (Fsp3) is 0.692. The van der Waals surface area contributed by atoms with Crippen LogP contribution in [0.25, 0.3) is 0 Å². The molecule has 1 saturated carbocycles. The van der Waals surface area contributed by atoms with Crippen molar-refractivity contribution in [3.63, 3.8) is 0 Å². The third-order valence-corrected chi connectivity index (χ3v) is 4.06. The normalized spacial score (nSPS) is 21.8. The molecule has 1 saturated heterocycles. The van der Waals surface area contributed by atoms with Gasteiger partial charge in [-0.05, 0) is 19.4 Å². The highest BCUT2D eigenvalue weighted by Crippen LogP contribution is 2.34. The monoisotopic (exact) mass is 232 g/mol. The van der Waals surface area contributed by atoms with Crippen LogP contribution in [0.5, 0.6) is 0 Å². The molecule has 0 unspecified atom stereocenters. The van der Waals surface area contributed by atoms with Crippen molar-refractivity contribution in [3.8, 4) is 0 Å². The van der Waals surface area contributed by atoms with E-state index in [0.717, 1.165) is 25.5 Å². The van der Waals surface area contributed by atoms with E-state index in [2.05, 4.69) is 20.9 Å². The molecule has 0 spiro atoms. The van der Waals surface area contributed by atoms with Crippen molar-refractivity contribution in [1.82, 2.24) is 9.97 Å². The number of nitrogens with two attached hydrogens (primary N) is 1. The summed E-state index contributed by atoms with van der Waals surface area (Å²) in [5.74, 6) is 2.41. The molecule has 0 aromatic carbocycles. The van der Waals surface area contributed by atoms with Gasteiger partial charge in [0.25, 0.3) is 0 Å². The molecule has 2 heterocycles. The summed E-state index contributed by atoms with van der Waals surface area (Å²) in [5, 5.41) is 0. The van der Waals surface area contributed by atoms with Gasteiger partial charge in [-0.3, -0.25) is 0 Å². The van der Waals surface area contributed by atoms with Crippen LogP contribution in [-0.4, -0.2) is 29.6 Å². The van der Waals surface area contributed by atoms with Crippen LogP contribution >= 0.6 is 0 Å². The Morgan fingerprint density at radius 2 is 2.00 bits per heavy atom. The van der Waals surface area contributed by atoms with Crippen LogP contribution in [0.3, 0.4) is 0 Å². The molecule has 17 heavy (non-hydrogen) atoms. The van der Waals surface area contributed by atoms with Gasteiger partial charge in [-0.2, -0.15) is 0 Å². The minimum Gasteiger partial charge on any atom is -0.356 e. The van der Waals surface area contributed by atoms with E-state index in [-0.39, 0.29) is 0 Å². The van der Waals surface area contributed by atoms with Gasteiger partial charge in [0.2, 0.25) is 0 Å². The lowest BCUT2D eigenvalue weighted by Crippen LogP contribution is -2.50. The van der Waals surface area contributed by atoms with Crippen LogP contribution in [-0.2, 0) is 0 Å². The first-order chi connectivity index (χ1) is 8.36. The number of rotatable bonds is 3. The largest absolute Gasteiger partial charge is 0.356 e. The Morgan fingerprint density at radius 1 is 1.24 bits per heavy atom. The minimum atomic E-state index is 0.653. The Kier molecular flexibility index (Phi) is 2.97. The number of nitrogens with zero attached hydrogens (tertiary/aromatic N) is 3. The topological polar surface area (TPSA) is 55.0 Å². The quantitative estimate of drug-likeness (QED) is 0.858. The van der Waals surface area contributed by atoms with E-state index in [9.17, 15) is 0 Å². The molecule has 4 nitrogen and oxygen atoms in total. The Balaban J connectivity index is 1.71. The fourth-order valence-electron chi connectivity index (χ4n) is 2.89. The highest BCUT2D eigenvalue weighted by Gasteiger charge is 2.27. The average molecular weight is 232 g/mol. The molecule has 4 heteroatoms. The zero-order valence-electron chi connectivity index (χ0n) is 10.2. The molecular weight excluding hydrogens is 212 g/mol. The van der Waals surface area contributed by atoms with Gasteiger partial charge < -0.3 is 10.6 Å². The van der Waals surface area contributed by atoms with Crippen LogP contribution in [0.15, 0.2) is 12.4 Å². The maximum atomic E-state index is 5.64. The third-order valence-electron chi connectivity index (χ3n) is 4.06. The predicted molar refractivity (Wildman–Crippen MR) is 68.0 cm³/mol. The number of anilines is 1. The first-order valence-corrected chi connectivity index (χ1v) is 6.64. The zero-order valence-corrected chi connectivity index (χ0v) is 10.2. The van der Waals surface area contributed by atoms with Crippen LogP contribution in [0, 0.1) is 5.92 Å². The van der Waals surface area contributed by atoms with Crippen LogP contribution in [0.1, 0.15) is 37.3 Å². The first kappa shape index (κ1) is 11.0. The fourth-order valence-corrected chi connectivity index (χ4v) is 2.89. The predicted octanol–water partition coefficient (Wildman–Crippen LogP) is 1.53. The van der Waals surface area contributed by atoms with Crippen LogP contribution < -0.4 is 10.6 Å². The van der Waals surface area contributed by atoms with Gasteiger partial charge in [0.1, 0.15) is 12.1 Å². The molecule has 2 fully saturated rings. The van der Waals surface area contributed by atoms with Crippen molar-refractivity contribution in [2.75, 3.05) is 24.5 Å². The highest BCUT2D eigenvalue weighted by atomic mass is 15.2. The number of hydrogen-bond donors (Lipinski definition) is 1. The second-order valence-corrected chi connectivity index (χ2v) is 5.29. The molecule has 1 aliphatic heterocycles. The summed E-state index contributed by atoms with van der Waals surface area (Å²) < 4.78 is 0. The van der Waals surface area contributed by atoms with E-state index in [4.69, 9.17) is 5.73 Å². The Bertz CT molecular complexity index is 381. The summed E-state index contributed by atoms with van der Waals surface area (Å²) in [6, 6.07) is 2.18. The molecule has 1 aliphatic carbocycles. The Hall–Kier alpha value is -1.16. The molecule has 1 aromatic rings. The van der Waals surface area contributed by atoms with E-state index in [1.807, 2.05) is 0 Å². The van der Waals surface area contributed by atoms with Crippen molar-refractivity contribution in [2.45, 2.75) is 31.6 Å². The van der Waals surface area contributed by atoms with Gasteiger partial charge in [0.15, 0.2) is 0 Å². The van der Waals surface area contributed by atoms with Gasteiger partial charge in [-0.15, -0.1) is 0 Å². The molecule has 0 amide bonds. The Morgan fingerprint density at radius 3 is 2.71 bits per heavy atom. The smallest absolute Gasteiger partial charge is 0.132 e. The molecule has 0 atom stereocenters. The molecule has 92 valence electrons. The maximum Gasteiger partial charge on any atom is 0.132 e. The maximum absolute atomic E-state index is 5.64. The highest BCUT2D eigenvalue weighted by molar-refractivity contribution is 5.42.